The molecule has 1 fully saturated rings. The summed E-state index contributed by atoms with van der Waals surface area (Å²) in [4.78, 5) is 29.3. The van der Waals surface area contributed by atoms with Gasteiger partial charge in [-0.2, -0.15) is 0 Å². The van der Waals surface area contributed by atoms with Crippen molar-refractivity contribution in [2.24, 2.45) is 11.3 Å². The van der Waals surface area contributed by atoms with Crippen molar-refractivity contribution in [1.82, 2.24) is 4.90 Å². The minimum atomic E-state index is -0.639. The van der Waals surface area contributed by atoms with E-state index in [2.05, 4.69) is 32.9 Å². The Morgan fingerprint density at radius 3 is 2.50 bits per heavy atom. The molecule has 1 aliphatic carbocycles. The SMILES string of the molecule is CCc1sc(C(=O)CCc2cc(C)c(OCC(O)CN3CC(C(=O)OC)C3)c(C)c2)c2c1CC(C)(C)CC2. The van der Waals surface area contributed by atoms with Crippen LogP contribution in [0, 0.1) is 25.2 Å². The highest BCUT2D eigenvalue weighted by molar-refractivity contribution is 7.14. The van der Waals surface area contributed by atoms with Gasteiger partial charge in [-0.3, -0.25) is 14.5 Å². The number of carbonyl (C=O) groups is 2. The Kier molecular flexibility index (Phi) is 9.00. The highest BCUT2D eigenvalue weighted by Gasteiger charge is 2.34. The summed E-state index contributed by atoms with van der Waals surface area (Å²) < 4.78 is 10.8. The molecule has 2 aliphatic rings. The van der Waals surface area contributed by atoms with Crippen molar-refractivity contribution < 1.29 is 24.2 Å². The predicted molar refractivity (Wildman–Crippen MR) is 152 cm³/mol. The van der Waals surface area contributed by atoms with Gasteiger partial charge in [-0.1, -0.05) is 32.9 Å². The van der Waals surface area contributed by atoms with E-state index in [1.165, 1.54) is 23.1 Å². The Labute approximate surface area is 231 Å². The van der Waals surface area contributed by atoms with Crippen LogP contribution in [0.15, 0.2) is 12.1 Å². The summed E-state index contributed by atoms with van der Waals surface area (Å²) in [7, 11) is 1.40. The van der Waals surface area contributed by atoms with Gasteiger partial charge in [0.1, 0.15) is 18.5 Å². The largest absolute Gasteiger partial charge is 0.490 e. The molecule has 1 unspecified atom stereocenters. The molecule has 7 heteroatoms. The van der Waals surface area contributed by atoms with Crippen molar-refractivity contribution in [2.75, 3.05) is 33.4 Å². The maximum atomic E-state index is 13.3. The van der Waals surface area contributed by atoms with Crippen molar-refractivity contribution in [1.29, 1.82) is 0 Å². The number of carbonyl (C=O) groups excluding carboxylic acids is 2. The van der Waals surface area contributed by atoms with Crippen LogP contribution in [-0.4, -0.2) is 61.2 Å². The number of nitrogens with zero attached hydrogens (tertiary/aromatic N) is 1. The smallest absolute Gasteiger partial charge is 0.311 e. The van der Waals surface area contributed by atoms with Gasteiger partial charge in [0.15, 0.2) is 5.78 Å². The third-order valence-corrected chi connectivity index (χ3v) is 9.48. The van der Waals surface area contributed by atoms with Crippen molar-refractivity contribution >= 4 is 23.1 Å². The molecule has 208 valence electrons. The number of aryl methyl sites for hydroxylation is 4. The lowest BCUT2D eigenvalue weighted by Crippen LogP contribution is -2.53. The quantitative estimate of drug-likeness (QED) is 0.315. The maximum Gasteiger partial charge on any atom is 0.311 e. The number of thiophene rings is 1. The number of rotatable bonds is 11. The highest BCUT2D eigenvalue weighted by atomic mass is 32.1. The van der Waals surface area contributed by atoms with Gasteiger partial charge < -0.3 is 14.6 Å². The van der Waals surface area contributed by atoms with Crippen LogP contribution in [-0.2, 0) is 35.2 Å². The molecule has 6 nitrogen and oxygen atoms in total. The topological polar surface area (TPSA) is 76.1 Å². The van der Waals surface area contributed by atoms with E-state index in [0.29, 0.717) is 37.9 Å². The van der Waals surface area contributed by atoms with Crippen molar-refractivity contribution in [3.63, 3.8) is 0 Å². The van der Waals surface area contributed by atoms with E-state index in [0.717, 1.165) is 53.0 Å². The molecule has 0 radical (unpaired) electrons. The highest BCUT2D eigenvalue weighted by Crippen LogP contribution is 2.42. The fourth-order valence-electron chi connectivity index (χ4n) is 5.91. The number of ketones is 1. The lowest BCUT2D eigenvalue weighted by atomic mass is 9.74. The number of aliphatic hydroxyl groups excluding tert-OH is 1. The van der Waals surface area contributed by atoms with Gasteiger partial charge in [0.25, 0.3) is 0 Å². The Bertz CT molecular complexity index is 1150. The summed E-state index contributed by atoms with van der Waals surface area (Å²) in [5.41, 5.74) is 6.25. The lowest BCUT2D eigenvalue weighted by Gasteiger charge is -2.38. The fourth-order valence-corrected chi connectivity index (χ4v) is 7.18. The summed E-state index contributed by atoms with van der Waals surface area (Å²) >= 11 is 1.73. The molecule has 0 amide bonds. The molecule has 1 saturated heterocycles. The Morgan fingerprint density at radius 1 is 1.18 bits per heavy atom. The van der Waals surface area contributed by atoms with Gasteiger partial charge in [0, 0.05) is 30.9 Å². The summed E-state index contributed by atoms with van der Waals surface area (Å²) in [6.45, 7) is 12.8. The number of fused-ring (bicyclic) bond motifs is 1. The van der Waals surface area contributed by atoms with Crippen LogP contribution in [0.3, 0.4) is 0 Å². The van der Waals surface area contributed by atoms with Crippen LogP contribution >= 0.6 is 11.3 Å². The molecule has 1 aromatic heterocycles. The molecular formula is C31H43NO5S. The number of benzene rings is 1. The Morgan fingerprint density at radius 2 is 1.87 bits per heavy atom. The number of Topliss-reactive ketones (excluding diaryl/α,β-unsaturated/α-hetero) is 1. The first-order chi connectivity index (χ1) is 18.0. The molecule has 0 spiro atoms. The monoisotopic (exact) mass is 541 g/mol. The minimum Gasteiger partial charge on any atom is -0.490 e. The lowest BCUT2D eigenvalue weighted by molar-refractivity contribution is -0.152. The van der Waals surface area contributed by atoms with Gasteiger partial charge in [-0.25, -0.2) is 0 Å². The molecular weight excluding hydrogens is 498 g/mol. The van der Waals surface area contributed by atoms with Gasteiger partial charge >= 0.3 is 5.97 Å². The molecule has 0 bridgehead atoms. The first-order valence-electron chi connectivity index (χ1n) is 13.9. The zero-order valence-corrected chi connectivity index (χ0v) is 24.6. The number of likely N-dealkylation sites (tertiary alicyclic amines) is 1. The van der Waals surface area contributed by atoms with E-state index in [1.807, 2.05) is 18.7 Å². The second-order valence-electron chi connectivity index (χ2n) is 11.9. The van der Waals surface area contributed by atoms with E-state index in [9.17, 15) is 14.7 Å². The number of methoxy groups -OCH3 is 1. The number of aliphatic hydroxyl groups is 1. The standard InChI is InChI=1S/C31H43NO5S/c1-7-27-25-14-31(4,5)11-10-24(25)29(38-27)26(34)9-8-21-12-19(2)28(20(3)13-21)37-18-23(33)17-32-15-22(16-32)30(35)36-6/h12-13,22-23,33H,7-11,14-18H2,1-6H3. The maximum absolute atomic E-state index is 13.3. The van der Waals surface area contributed by atoms with Crippen LogP contribution < -0.4 is 4.74 Å². The molecule has 2 heterocycles. The fraction of sp³-hybridized carbons (Fsp3) is 0.613. The molecule has 4 rings (SSSR count). The number of hydrogen-bond donors (Lipinski definition) is 1. The van der Waals surface area contributed by atoms with Crippen LogP contribution in [0.2, 0.25) is 0 Å². The molecule has 1 N–H and O–H groups in total. The Hall–Kier alpha value is -2.22. The van der Waals surface area contributed by atoms with Gasteiger partial charge in [-0.15, -0.1) is 11.3 Å². The normalized spacial score (nSPS) is 18.0. The number of esters is 1. The zero-order valence-electron chi connectivity index (χ0n) is 23.8. The van der Waals surface area contributed by atoms with E-state index in [4.69, 9.17) is 9.47 Å². The second kappa shape index (κ2) is 11.9. The van der Waals surface area contributed by atoms with Crippen molar-refractivity contribution in [3.05, 3.63) is 49.7 Å². The summed E-state index contributed by atoms with van der Waals surface area (Å²) in [6.07, 6.45) is 4.81. The summed E-state index contributed by atoms with van der Waals surface area (Å²) in [5, 5.41) is 10.4. The van der Waals surface area contributed by atoms with Gasteiger partial charge in [0.05, 0.1) is 17.9 Å². The second-order valence-corrected chi connectivity index (χ2v) is 13.0. The van der Waals surface area contributed by atoms with E-state index >= 15 is 0 Å². The third kappa shape index (κ3) is 6.49. The molecule has 0 saturated carbocycles. The van der Waals surface area contributed by atoms with Gasteiger partial charge in [0.2, 0.25) is 0 Å². The van der Waals surface area contributed by atoms with E-state index in [-0.39, 0.29) is 24.3 Å². The third-order valence-electron chi connectivity index (χ3n) is 8.02. The number of hydrogen-bond acceptors (Lipinski definition) is 7. The van der Waals surface area contributed by atoms with E-state index < -0.39 is 6.10 Å². The number of ether oxygens (including phenoxy) is 2. The minimum absolute atomic E-state index is 0.0943. The molecule has 1 atom stereocenters. The Balaban J connectivity index is 1.31. The average Bonchev–Trinajstić information content (AvgIpc) is 3.20. The van der Waals surface area contributed by atoms with Crippen molar-refractivity contribution in [3.8, 4) is 5.75 Å². The molecule has 1 aliphatic heterocycles. The van der Waals surface area contributed by atoms with Crippen molar-refractivity contribution in [2.45, 2.75) is 79.2 Å². The zero-order chi connectivity index (χ0) is 27.6. The number of β-amino-alcohol motifs (C(OH)–C–C–N with tert-alkyl or cyclic N) is 1. The first kappa shape index (κ1) is 28.8. The average molecular weight is 542 g/mol. The molecule has 1 aromatic carbocycles. The first-order valence-corrected chi connectivity index (χ1v) is 14.7. The molecule has 2 aromatic rings. The van der Waals surface area contributed by atoms with E-state index in [1.54, 1.807) is 11.3 Å². The molecule has 38 heavy (non-hydrogen) atoms. The van der Waals surface area contributed by atoms with Gasteiger partial charge in [-0.05, 0) is 79.2 Å². The summed E-state index contributed by atoms with van der Waals surface area (Å²) in [6, 6.07) is 4.20. The van der Waals surface area contributed by atoms with Crippen LogP contribution in [0.4, 0.5) is 0 Å². The summed E-state index contributed by atoms with van der Waals surface area (Å²) in [5.74, 6) is 0.773. The predicted octanol–water partition coefficient (Wildman–Crippen LogP) is 5.10. The van der Waals surface area contributed by atoms with Crippen LogP contribution in [0.25, 0.3) is 0 Å². The van der Waals surface area contributed by atoms with Crippen LogP contribution in [0.1, 0.15) is 76.0 Å². The van der Waals surface area contributed by atoms with Crippen LogP contribution in [0.5, 0.6) is 5.75 Å².